The Morgan fingerprint density at radius 1 is 1.16 bits per heavy atom. The highest BCUT2D eigenvalue weighted by molar-refractivity contribution is 7.89. The molecule has 1 amide bonds. The van der Waals surface area contributed by atoms with E-state index in [9.17, 15) is 17.6 Å². The summed E-state index contributed by atoms with van der Waals surface area (Å²) >= 11 is 0. The molecule has 0 radical (unpaired) electrons. The van der Waals surface area contributed by atoms with Gasteiger partial charge in [0.1, 0.15) is 16.8 Å². The zero-order chi connectivity index (χ0) is 18.6. The molecule has 0 heterocycles. The van der Waals surface area contributed by atoms with Crippen LogP contribution in [0.3, 0.4) is 0 Å². The van der Waals surface area contributed by atoms with Gasteiger partial charge in [0.15, 0.2) is 0 Å². The monoisotopic (exact) mass is 370 g/mol. The Kier molecular flexibility index (Phi) is 6.57. The topological polar surface area (TPSA) is 75.3 Å². The Bertz CT molecular complexity index is 698. The SMILES string of the molecule is CC1CCC(NC(=O)[C@@H](NS(=O)(=O)c2ccccc2F)C(C)C)CC1. The second kappa shape index (κ2) is 8.27. The molecule has 1 saturated carbocycles. The number of sulfonamides is 1. The molecule has 0 spiro atoms. The summed E-state index contributed by atoms with van der Waals surface area (Å²) < 4.78 is 41.1. The van der Waals surface area contributed by atoms with Gasteiger partial charge in [0.2, 0.25) is 15.9 Å². The maximum absolute atomic E-state index is 13.8. The van der Waals surface area contributed by atoms with Crippen molar-refractivity contribution in [3.8, 4) is 0 Å². The van der Waals surface area contributed by atoms with Crippen molar-refractivity contribution in [2.45, 2.75) is 63.4 Å². The lowest BCUT2D eigenvalue weighted by Gasteiger charge is -2.29. The van der Waals surface area contributed by atoms with Crippen molar-refractivity contribution in [3.63, 3.8) is 0 Å². The first-order valence-electron chi connectivity index (χ1n) is 8.78. The fourth-order valence-corrected chi connectivity index (χ4v) is 4.50. The normalized spacial score (nSPS) is 22.6. The first kappa shape index (κ1) is 19.8. The molecule has 1 aromatic rings. The number of halogens is 1. The first-order chi connectivity index (χ1) is 11.7. The molecular formula is C18H27FN2O3S. The van der Waals surface area contributed by atoms with E-state index >= 15 is 0 Å². The predicted molar refractivity (Wildman–Crippen MR) is 94.9 cm³/mol. The number of hydrogen-bond acceptors (Lipinski definition) is 3. The maximum Gasteiger partial charge on any atom is 0.244 e. The Morgan fingerprint density at radius 2 is 1.76 bits per heavy atom. The van der Waals surface area contributed by atoms with Gasteiger partial charge in [-0.2, -0.15) is 4.72 Å². The van der Waals surface area contributed by atoms with Crippen molar-refractivity contribution in [1.29, 1.82) is 0 Å². The van der Waals surface area contributed by atoms with Gasteiger partial charge in [-0.05, 0) is 49.7 Å². The molecule has 1 aliphatic carbocycles. The van der Waals surface area contributed by atoms with E-state index in [2.05, 4.69) is 17.0 Å². The van der Waals surface area contributed by atoms with Gasteiger partial charge in [0, 0.05) is 6.04 Å². The number of rotatable bonds is 6. The fourth-order valence-electron chi connectivity index (χ4n) is 3.08. The lowest BCUT2D eigenvalue weighted by molar-refractivity contribution is -0.124. The molecule has 2 N–H and O–H groups in total. The number of carbonyl (C=O) groups is 1. The summed E-state index contributed by atoms with van der Waals surface area (Å²) in [6.07, 6.45) is 3.91. The summed E-state index contributed by atoms with van der Waals surface area (Å²) in [6.45, 7) is 5.71. The number of carbonyl (C=O) groups excluding carboxylic acids is 1. The molecule has 0 saturated heterocycles. The van der Waals surface area contributed by atoms with Crippen LogP contribution in [0.25, 0.3) is 0 Å². The van der Waals surface area contributed by atoms with Crippen molar-refractivity contribution in [2.75, 3.05) is 0 Å². The van der Waals surface area contributed by atoms with E-state index in [1.807, 2.05) is 0 Å². The van der Waals surface area contributed by atoms with Crippen LogP contribution in [0.15, 0.2) is 29.2 Å². The van der Waals surface area contributed by atoms with Crippen LogP contribution in [0.4, 0.5) is 4.39 Å². The van der Waals surface area contributed by atoms with E-state index in [4.69, 9.17) is 0 Å². The second-order valence-corrected chi connectivity index (χ2v) is 8.92. The van der Waals surface area contributed by atoms with Crippen molar-refractivity contribution in [2.24, 2.45) is 11.8 Å². The summed E-state index contributed by atoms with van der Waals surface area (Å²) in [7, 11) is -4.12. The Labute approximate surface area is 149 Å². The molecule has 1 atom stereocenters. The van der Waals surface area contributed by atoms with Crippen molar-refractivity contribution < 1.29 is 17.6 Å². The third-order valence-corrected chi connectivity index (χ3v) is 6.19. The first-order valence-corrected chi connectivity index (χ1v) is 10.3. The van der Waals surface area contributed by atoms with Crippen molar-refractivity contribution in [3.05, 3.63) is 30.1 Å². The van der Waals surface area contributed by atoms with Crippen LogP contribution in [-0.2, 0) is 14.8 Å². The summed E-state index contributed by atoms with van der Waals surface area (Å²) in [4.78, 5) is 12.2. The van der Waals surface area contributed by atoms with Gasteiger partial charge < -0.3 is 5.32 Å². The van der Waals surface area contributed by atoms with E-state index in [0.717, 1.165) is 31.7 Å². The van der Waals surface area contributed by atoms with Crippen LogP contribution < -0.4 is 10.0 Å². The van der Waals surface area contributed by atoms with Crippen LogP contribution in [0, 0.1) is 17.7 Å². The van der Waals surface area contributed by atoms with E-state index in [1.165, 1.54) is 18.2 Å². The minimum absolute atomic E-state index is 0.0721. The summed E-state index contributed by atoms with van der Waals surface area (Å²) in [6, 6.07) is 4.28. The van der Waals surface area contributed by atoms with Crippen LogP contribution in [0.1, 0.15) is 46.5 Å². The van der Waals surface area contributed by atoms with Gasteiger partial charge in [0.05, 0.1) is 0 Å². The highest BCUT2D eigenvalue weighted by Gasteiger charge is 2.31. The Morgan fingerprint density at radius 3 is 2.32 bits per heavy atom. The number of benzene rings is 1. The fraction of sp³-hybridized carbons (Fsp3) is 0.611. The molecule has 1 aliphatic rings. The van der Waals surface area contributed by atoms with Crippen LogP contribution in [0.5, 0.6) is 0 Å². The van der Waals surface area contributed by atoms with Gasteiger partial charge in [-0.1, -0.05) is 32.9 Å². The third-order valence-electron chi connectivity index (χ3n) is 4.72. The lowest BCUT2D eigenvalue weighted by atomic mass is 9.87. The van der Waals surface area contributed by atoms with Crippen LogP contribution >= 0.6 is 0 Å². The highest BCUT2D eigenvalue weighted by atomic mass is 32.2. The molecule has 0 aliphatic heterocycles. The molecule has 2 rings (SSSR count). The quantitative estimate of drug-likeness (QED) is 0.808. The molecular weight excluding hydrogens is 343 g/mol. The van der Waals surface area contributed by atoms with Crippen molar-refractivity contribution >= 4 is 15.9 Å². The zero-order valence-corrected chi connectivity index (χ0v) is 15.8. The minimum Gasteiger partial charge on any atom is -0.352 e. The van der Waals surface area contributed by atoms with E-state index in [-0.39, 0.29) is 17.9 Å². The molecule has 1 fully saturated rings. The number of amides is 1. The van der Waals surface area contributed by atoms with Gasteiger partial charge in [0.25, 0.3) is 0 Å². The molecule has 5 nitrogen and oxygen atoms in total. The van der Waals surface area contributed by atoms with Crippen molar-refractivity contribution in [1.82, 2.24) is 10.0 Å². The van der Waals surface area contributed by atoms with E-state index in [1.54, 1.807) is 13.8 Å². The van der Waals surface area contributed by atoms with Gasteiger partial charge in [-0.15, -0.1) is 0 Å². The Hall–Kier alpha value is -1.47. The van der Waals surface area contributed by atoms with Gasteiger partial charge >= 0.3 is 0 Å². The highest BCUT2D eigenvalue weighted by Crippen LogP contribution is 2.24. The molecule has 25 heavy (non-hydrogen) atoms. The zero-order valence-electron chi connectivity index (χ0n) is 15.0. The lowest BCUT2D eigenvalue weighted by Crippen LogP contribution is -2.52. The molecule has 0 bridgehead atoms. The summed E-state index contributed by atoms with van der Waals surface area (Å²) in [5.74, 6) is -0.786. The van der Waals surface area contributed by atoms with Crippen LogP contribution in [-0.4, -0.2) is 26.4 Å². The minimum atomic E-state index is -4.12. The molecule has 140 valence electrons. The summed E-state index contributed by atoms with van der Waals surface area (Å²) in [5.41, 5.74) is 0. The average Bonchev–Trinajstić information content (AvgIpc) is 2.54. The van der Waals surface area contributed by atoms with Gasteiger partial charge in [-0.25, -0.2) is 12.8 Å². The summed E-state index contributed by atoms with van der Waals surface area (Å²) in [5, 5.41) is 2.95. The van der Waals surface area contributed by atoms with Crippen LogP contribution in [0.2, 0.25) is 0 Å². The number of hydrogen-bond donors (Lipinski definition) is 2. The maximum atomic E-state index is 13.8. The third kappa shape index (κ3) is 5.25. The molecule has 0 unspecified atom stereocenters. The molecule has 0 aromatic heterocycles. The van der Waals surface area contributed by atoms with Gasteiger partial charge in [-0.3, -0.25) is 4.79 Å². The Balaban J connectivity index is 2.10. The standard InChI is InChI=1S/C18H27FN2O3S/c1-12(2)17(18(22)20-14-10-8-13(3)9-11-14)21-25(23,24)16-7-5-4-6-15(16)19/h4-7,12-14,17,21H,8-11H2,1-3H3,(H,20,22)/t13?,14?,17-/m0/s1. The smallest absolute Gasteiger partial charge is 0.244 e. The largest absolute Gasteiger partial charge is 0.352 e. The molecule has 1 aromatic carbocycles. The second-order valence-electron chi connectivity index (χ2n) is 7.24. The molecule has 7 heteroatoms. The predicted octanol–water partition coefficient (Wildman–Crippen LogP) is 2.82. The van der Waals surface area contributed by atoms with E-state index in [0.29, 0.717) is 5.92 Å². The number of nitrogens with one attached hydrogen (secondary N) is 2. The average molecular weight is 370 g/mol. The van der Waals surface area contributed by atoms with E-state index < -0.39 is 26.8 Å².